The molecule has 0 heterocycles. The molecule has 0 radical (unpaired) electrons. The molecule has 0 fully saturated rings. The van der Waals surface area contributed by atoms with Gasteiger partial charge in [0.25, 0.3) is 0 Å². The van der Waals surface area contributed by atoms with Crippen LogP contribution in [0.2, 0.25) is 0 Å². The first-order valence-electron chi connectivity index (χ1n) is 8.45. The minimum atomic E-state index is -0.322. The molecule has 2 N–H and O–H groups in total. The molecule has 1 rings (SSSR count). The molecule has 1 unspecified atom stereocenters. The fraction of sp³-hybridized carbons (Fsp3) is 0.611. The average molecular weight is 451 g/mol. The van der Waals surface area contributed by atoms with Crippen molar-refractivity contribution in [2.45, 2.75) is 53.2 Å². The van der Waals surface area contributed by atoms with Crippen LogP contribution in [-0.2, 0) is 6.54 Å². The number of guanidine groups is 1. The molecule has 0 amide bonds. The zero-order valence-corrected chi connectivity index (χ0v) is 17.5. The molecule has 6 heteroatoms. The second kappa shape index (κ2) is 13.3. The lowest BCUT2D eigenvalue weighted by Crippen LogP contribution is -2.37. The van der Waals surface area contributed by atoms with Gasteiger partial charge in [-0.15, -0.1) is 24.0 Å². The van der Waals surface area contributed by atoms with Crippen LogP contribution in [0.5, 0.6) is 5.75 Å². The van der Waals surface area contributed by atoms with Crippen molar-refractivity contribution in [1.29, 1.82) is 0 Å². The van der Waals surface area contributed by atoms with Gasteiger partial charge in [0, 0.05) is 18.7 Å². The maximum absolute atomic E-state index is 12.2. The Balaban J connectivity index is 0.00000529. The van der Waals surface area contributed by atoms with Crippen molar-refractivity contribution in [3.63, 3.8) is 0 Å². The molecular formula is C18H31FIN3O. The van der Waals surface area contributed by atoms with E-state index in [1.54, 1.807) is 0 Å². The molecule has 0 bridgehead atoms. The van der Waals surface area contributed by atoms with Gasteiger partial charge in [-0.25, -0.2) is 4.99 Å². The SMILES string of the molecule is CCNC(=NCc1ccc(C)cc1OC(C)CC)NCCCF.I. The molecule has 1 aromatic carbocycles. The molecule has 0 aromatic heterocycles. The number of hydrogen-bond acceptors (Lipinski definition) is 2. The van der Waals surface area contributed by atoms with E-state index in [4.69, 9.17) is 4.74 Å². The molecule has 1 atom stereocenters. The van der Waals surface area contributed by atoms with Crippen molar-refractivity contribution in [2.24, 2.45) is 4.99 Å². The number of ether oxygens (including phenoxy) is 1. The summed E-state index contributed by atoms with van der Waals surface area (Å²) >= 11 is 0. The third-order valence-corrected chi connectivity index (χ3v) is 3.48. The summed E-state index contributed by atoms with van der Waals surface area (Å²) in [6.45, 7) is 9.79. The zero-order valence-electron chi connectivity index (χ0n) is 15.2. The predicted molar refractivity (Wildman–Crippen MR) is 110 cm³/mol. The summed E-state index contributed by atoms with van der Waals surface area (Å²) in [5.41, 5.74) is 2.22. The van der Waals surface area contributed by atoms with Crippen molar-refractivity contribution in [3.8, 4) is 5.75 Å². The van der Waals surface area contributed by atoms with E-state index in [1.165, 1.54) is 5.56 Å². The lowest BCUT2D eigenvalue weighted by atomic mass is 10.1. The number of nitrogens with one attached hydrogen (secondary N) is 2. The van der Waals surface area contributed by atoms with Crippen LogP contribution < -0.4 is 15.4 Å². The minimum absolute atomic E-state index is 0. The van der Waals surface area contributed by atoms with Gasteiger partial charge in [-0.3, -0.25) is 4.39 Å². The number of rotatable bonds is 9. The quantitative estimate of drug-likeness (QED) is 0.256. The smallest absolute Gasteiger partial charge is 0.191 e. The van der Waals surface area contributed by atoms with Gasteiger partial charge in [0.1, 0.15) is 5.75 Å². The Morgan fingerprint density at radius 3 is 2.67 bits per heavy atom. The third kappa shape index (κ3) is 8.70. The maximum Gasteiger partial charge on any atom is 0.191 e. The Hall–Kier alpha value is -1.05. The predicted octanol–water partition coefficient (Wildman–Crippen LogP) is 4.21. The molecule has 0 saturated carbocycles. The number of aryl methyl sites for hydroxylation is 1. The van der Waals surface area contributed by atoms with E-state index in [-0.39, 0.29) is 36.8 Å². The standard InChI is InChI=1S/C18H30FN3O.HI/c1-5-15(4)23-17-12-14(3)8-9-16(17)13-22-18(20-6-2)21-11-7-10-19;/h8-9,12,15H,5-7,10-11,13H2,1-4H3,(H2,20,21,22);1H. The molecule has 0 aliphatic rings. The topological polar surface area (TPSA) is 45.7 Å². The summed E-state index contributed by atoms with van der Waals surface area (Å²) in [6.07, 6.45) is 1.62. The third-order valence-electron chi connectivity index (χ3n) is 3.48. The first kappa shape index (κ1) is 22.9. The number of hydrogen-bond donors (Lipinski definition) is 2. The molecule has 0 aliphatic heterocycles. The summed E-state index contributed by atoms with van der Waals surface area (Å²) in [5, 5.41) is 6.30. The lowest BCUT2D eigenvalue weighted by molar-refractivity contribution is 0.215. The van der Waals surface area contributed by atoms with Crippen LogP contribution >= 0.6 is 24.0 Å². The van der Waals surface area contributed by atoms with Gasteiger partial charge >= 0.3 is 0 Å². The Morgan fingerprint density at radius 2 is 2.04 bits per heavy atom. The van der Waals surface area contributed by atoms with Crippen molar-refractivity contribution in [1.82, 2.24) is 10.6 Å². The summed E-state index contributed by atoms with van der Waals surface area (Å²) in [4.78, 5) is 4.57. The summed E-state index contributed by atoms with van der Waals surface area (Å²) in [6, 6.07) is 6.18. The average Bonchev–Trinajstić information content (AvgIpc) is 2.54. The van der Waals surface area contributed by atoms with Crippen molar-refractivity contribution >= 4 is 29.9 Å². The Morgan fingerprint density at radius 1 is 1.29 bits per heavy atom. The second-order valence-electron chi connectivity index (χ2n) is 5.61. The highest BCUT2D eigenvalue weighted by atomic mass is 127. The highest BCUT2D eigenvalue weighted by molar-refractivity contribution is 14.0. The fourth-order valence-electron chi connectivity index (χ4n) is 1.98. The number of alkyl halides is 1. The van der Waals surface area contributed by atoms with E-state index >= 15 is 0 Å². The highest BCUT2D eigenvalue weighted by Crippen LogP contribution is 2.23. The number of benzene rings is 1. The molecule has 0 spiro atoms. The van der Waals surface area contributed by atoms with Crippen LogP contribution in [-0.4, -0.2) is 31.8 Å². The maximum atomic E-state index is 12.2. The van der Waals surface area contributed by atoms with Gasteiger partial charge in [0.05, 0.1) is 19.3 Å². The van der Waals surface area contributed by atoms with Crippen LogP contribution in [0.4, 0.5) is 4.39 Å². The number of nitrogens with zero attached hydrogens (tertiary/aromatic N) is 1. The normalized spacial score (nSPS) is 12.3. The molecule has 138 valence electrons. The molecular weight excluding hydrogens is 420 g/mol. The number of aliphatic imine (C=N–C) groups is 1. The van der Waals surface area contributed by atoms with Crippen molar-refractivity contribution < 1.29 is 9.13 Å². The Kier molecular flexibility index (Phi) is 12.7. The van der Waals surface area contributed by atoms with Gasteiger partial charge < -0.3 is 15.4 Å². The molecule has 24 heavy (non-hydrogen) atoms. The molecule has 0 aliphatic carbocycles. The van der Waals surface area contributed by atoms with Gasteiger partial charge in [0.15, 0.2) is 5.96 Å². The second-order valence-corrected chi connectivity index (χ2v) is 5.61. The van der Waals surface area contributed by atoms with Crippen molar-refractivity contribution in [3.05, 3.63) is 29.3 Å². The first-order chi connectivity index (χ1) is 11.1. The monoisotopic (exact) mass is 451 g/mol. The van der Waals surface area contributed by atoms with Crippen molar-refractivity contribution in [2.75, 3.05) is 19.8 Å². The van der Waals surface area contributed by atoms with Crippen LogP contribution in [0.15, 0.2) is 23.2 Å². The zero-order chi connectivity index (χ0) is 17.1. The first-order valence-corrected chi connectivity index (χ1v) is 8.45. The molecule has 4 nitrogen and oxygen atoms in total. The highest BCUT2D eigenvalue weighted by Gasteiger charge is 2.08. The van der Waals surface area contributed by atoms with E-state index in [9.17, 15) is 4.39 Å². The summed E-state index contributed by atoms with van der Waals surface area (Å²) < 4.78 is 18.2. The molecule has 0 saturated heterocycles. The fourth-order valence-corrected chi connectivity index (χ4v) is 1.98. The lowest BCUT2D eigenvalue weighted by Gasteiger charge is -2.17. The van der Waals surface area contributed by atoms with Crippen LogP contribution in [0.25, 0.3) is 0 Å². The number of halogens is 2. The minimum Gasteiger partial charge on any atom is -0.490 e. The summed E-state index contributed by atoms with van der Waals surface area (Å²) in [7, 11) is 0. The van der Waals surface area contributed by atoms with E-state index in [0.717, 1.165) is 24.3 Å². The van der Waals surface area contributed by atoms with E-state index in [0.29, 0.717) is 25.5 Å². The van der Waals surface area contributed by atoms with E-state index < -0.39 is 0 Å². The Bertz CT molecular complexity index is 497. The van der Waals surface area contributed by atoms with Crippen LogP contribution in [0, 0.1) is 6.92 Å². The van der Waals surface area contributed by atoms with Crippen LogP contribution in [0.1, 0.15) is 44.7 Å². The van der Waals surface area contributed by atoms with E-state index in [1.807, 2.05) is 6.92 Å². The van der Waals surface area contributed by atoms with Gasteiger partial charge in [-0.1, -0.05) is 19.1 Å². The van der Waals surface area contributed by atoms with Gasteiger partial charge in [-0.05, 0) is 45.2 Å². The Labute approximate surface area is 162 Å². The van der Waals surface area contributed by atoms with Gasteiger partial charge in [-0.2, -0.15) is 0 Å². The van der Waals surface area contributed by atoms with E-state index in [2.05, 4.69) is 54.6 Å². The van der Waals surface area contributed by atoms with Gasteiger partial charge in [0.2, 0.25) is 0 Å². The summed E-state index contributed by atoms with van der Waals surface area (Å²) in [5.74, 6) is 1.60. The van der Waals surface area contributed by atoms with Crippen LogP contribution in [0.3, 0.4) is 0 Å². The largest absolute Gasteiger partial charge is 0.490 e. The molecule has 1 aromatic rings.